The van der Waals surface area contributed by atoms with E-state index in [2.05, 4.69) is 15.0 Å². The summed E-state index contributed by atoms with van der Waals surface area (Å²) in [6, 6.07) is 13.0. The Balaban J connectivity index is 1.49. The van der Waals surface area contributed by atoms with Crippen molar-refractivity contribution in [2.24, 2.45) is 0 Å². The molecule has 154 valence electrons. The summed E-state index contributed by atoms with van der Waals surface area (Å²) in [4.78, 5) is 39.9. The number of amides is 1. The molecule has 3 aromatic rings. The number of carbonyl (C=O) groups excluding carboxylic acids is 1. The quantitative estimate of drug-likeness (QED) is 0.679. The average Bonchev–Trinajstić information content (AvgIpc) is 3.14. The van der Waals surface area contributed by atoms with Gasteiger partial charge in [0, 0.05) is 62.5 Å². The molecule has 1 atom stereocenters. The van der Waals surface area contributed by atoms with Crippen LogP contribution in [-0.2, 0) is 11.2 Å². The Labute approximate surface area is 173 Å². The predicted molar refractivity (Wildman–Crippen MR) is 112 cm³/mol. The van der Waals surface area contributed by atoms with Crippen molar-refractivity contribution in [1.82, 2.24) is 15.0 Å². The Bertz CT molecular complexity index is 1080. The molecule has 1 saturated heterocycles. The number of hydrogen-bond acceptors (Lipinski definition) is 5. The third-order valence-electron chi connectivity index (χ3n) is 5.22. The number of hydrogen-bond donors (Lipinski definition) is 1. The van der Waals surface area contributed by atoms with Crippen LogP contribution in [0.2, 0.25) is 0 Å². The normalized spacial score (nSPS) is 16.1. The zero-order chi connectivity index (χ0) is 21.1. The molecule has 0 aliphatic carbocycles. The SMILES string of the molecule is CN(CCc1ccccn1)c1nc([C@@H]2CC(=O)N(c3ccc(F)cc3)C2)cc(=O)[nH]1. The van der Waals surface area contributed by atoms with E-state index in [1.165, 1.54) is 18.2 Å². The van der Waals surface area contributed by atoms with Crippen LogP contribution in [0.3, 0.4) is 0 Å². The van der Waals surface area contributed by atoms with Crippen molar-refractivity contribution in [1.29, 1.82) is 0 Å². The number of anilines is 2. The number of nitrogens with one attached hydrogen (secondary N) is 1. The molecule has 1 aliphatic rings. The molecular weight excluding hydrogens is 385 g/mol. The van der Waals surface area contributed by atoms with Crippen LogP contribution in [0.15, 0.2) is 59.5 Å². The predicted octanol–water partition coefficient (Wildman–Crippen LogP) is 2.50. The van der Waals surface area contributed by atoms with Gasteiger partial charge in [-0.2, -0.15) is 0 Å². The summed E-state index contributed by atoms with van der Waals surface area (Å²) in [5.41, 5.74) is 1.92. The Morgan fingerprint density at radius 3 is 2.73 bits per heavy atom. The van der Waals surface area contributed by atoms with Crippen molar-refractivity contribution in [3.8, 4) is 0 Å². The first-order valence-corrected chi connectivity index (χ1v) is 9.78. The third kappa shape index (κ3) is 4.37. The molecule has 0 unspecified atom stereocenters. The topological polar surface area (TPSA) is 82.2 Å². The lowest BCUT2D eigenvalue weighted by Crippen LogP contribution is -2.27. The van der Waals surface area contributed by atoms with Gasteiger partial charge in [-0.05, 0) is 36.4 Å². The molecule has 0 spiro atoms. The van der Waals surface area contributed by atoms with Crippen molar-refractivity contribution in [2.45, 2.75) is 18.8 Å². The van der Waals surface area contributed by atoms with Gasteiger partial charge in [-0.1, -0.05) is 6.07 Å². The first-order valence-electron chi connectivity index (χ1n) is 9.78. The van der Waals surface area contributed by atoms with E-state index >= 15 is 0 Å². The fourth-order valence-corrected chi connectivity index (χ4v) is 3.56. The van der Waals surface area contributed by atoms with Gasteiger partial charge in [-0.15, -0.1) is 0 Å². The number of rotatable bonds is 6. The summed E-state index contributed by atoms with van der Waals surface area (Å²) in [6.45, 7) is 1.03. The van der Waals surface area contributed by atoms with E-state index in [0.717, 1.165) is 5.69 Å². The fraction of sp³-hybridized carbons (Fsp3) is 0.273. The minimum atomic E-state index is -0.350. The van der Waals surface area contributed by atoms with Gasteiger partial charge < -0.3 is 9.80 Å². The molecule has 0 radical (unpaired) electrons. The molecule has 1 aromatic carbocycles. The molecule has 7 nitrogen and oxygen atoms in total. The zero-order valence-corrected chi connectivity index (χ0v) is 16.6. The smallest absolute Gasteiger partial charge is 0.252 e. The summed E-state index contributed by atoms with van der Waals surface area (Å²) >= 11 is 0. The van der Waals surface area contributed by atoms with Crippen LogP contribution in [0.5, 0.6) is 0 Å². The van der Waals surface area contributed by atoms with Gasteiger partial charge in [-0.25, -0.2) is 9.37 Å². The Morgan fingerprint density at radius 1 is 1.20 bits per heavy atom. The summed E-state index contributed by atoms with van der Waals surface area (Å²) in [6.07, 6.45) is 2.72. The molecule has 1 fully saturated rings. The number of pyridine rings is 1. The maximum atomic E-state index is 13.2. The van der Waals surface area contributed by atoms with Gasteiger partial charge in [0.15, 0.2) is 0 Å². The van der Waals surface area contributed by atoms with E-state index in [9.17, 15) is 14.0 Å². The van der Waals surface area contributed by atoms with Crippen LogP contribution < -0.4 is 15.4 Å². The number of likely N-dealkylation sites (N-methyl/N-ethyl adjacent to an activating group) is 1. The second-order valence-corrected chi connectivity index (χ2v) is 7.37. The van der Waals surface area contributed by atoms with Crippen molar-refractivity contribution in [3.05, 3.63) is 82.3 Å². The van der Waals surface area contributed by atoms with E-state index in [4.69, 9.17) is 0 Å². The lowest BCUT2D eigenvalue weighted by molar-refractivity contribution is -0.117. The number of H-pyrrole nitrogens is 1. The number of aromatic nitrogens is 3. The molecule has 4 rings (SSSR count). The minimum absolute atomic E-state index is 0.0706. The molecule has 1 aliphatic heterocycles. The van der Waals surface area contributed by atoms with Crippen molar-refractivity contribution >= 4 is 17.5 Å². The summed E-state index contributed by atoms with van der Waals surface area (Å²) in [5, 5.41) is 0. The van der Waals surface area contributed by atoms with E-state index in [-0.39, 0.29) is 29.6 Å². The average molecular weight is 407 g/mol. The lowest BCUT2D eigenvalue weighted by Gasteiger charge is -2.19. The standard InChI is InChI=1S/C22H22FN5O2/c1-27(11-9-17-4-2-3-10-24-17)22-25-19(13-20(29)26-22)15-12-21(30)28(14-15)18-7-5-16(23)6-8-18/h2-8,10,13,15H,9,11-12,14H2,1H3,(H,25,26,29)/t15-/m1/s1. The lowest BCUT2D eigenvalue weighted by atomic mass is 10.0. The molecular formula is C22H22FN5O2. The monoisotopic (exact) mass is 407 g/mol. The first-order chi connectivity index (χ1) is 14.5. The van der Waals surface area contributed by atoms with Gasteiger partial charge >= 0.3 is 0 Å². The maximum Gasteiger partial charge on any atom is 0.252 e. The summed E-state index contributed by atoms with van der Waals surface area (Å²) < 4.78 is 13.2. The van der Waals surface area contributed by atoms with Crippen LogP contribution in [-0.4, -0.2) is 41.0 Å². The number of aromatic amines is 1. The Hall–Kier alpha value is -3.55. The number of nitrogens with zero attached hydrogens (tertiary/aromatic N) is 4. The highest BCUT2D eigenvalue weighted by Crippen LogP contribution is 2.31. The molecule has 2 aromatic heterocycles. The molecule has 1 N–H and O–H groups in total. The third-order valence-corrected chi connectivity index (χ3v) is 5.22. The van der Waals surface area contributed by atoms with E-state index < -0.39 is 0 Å². The van der Waals surface area contributed by atoms with Gasteiger partial charge in [-0.3, -0.25) is 19.6 Å². The van der Waals surface area contributed by atoms with Crippen LogP contribution >= 0.6 is 0 Å². The van der Waals surface area contributed by atoms with Gasteiger partial charge in [0.1, 0.15) is 5.82 Å². The molecule has 0 bridgehead atoms. The van der Waals surface area contributed by atoms with E-state index in [1.807, 2.05) is 30.1 Å². The second kappa shape index (κ2) is 8.44. The molecule has 0 saturated carbocycles. The van der Waals surface area contributed by atoms with Gasteiger partial charge in [0.2, 0.25) is 11.9 Å². The van der Waals surface area contributed by atoms with Gasteiger partial charge in [0.05, 0.1) is 5.69 Å². The van der Waals surface area contributed by atoms with Crippen LogP contribution in [0.4, 0.5) is 16.0 Å². The second-order valence-electron chi connectivity index (χ2n) is 7.37. The number of carbonyl (C=O) groups is 1. The highest BCUT2D eigenvalue weighted by molar-refractivity contribution is 5.96. The van der Waals surface area contributed by atoms with Crippen LogP contribution in [0.25, 0.3) is 0 Å². The largest absolute Gasteiger partial charge is 0.345 e. The Morgan fingerprint density at radius 2 is 2.00 bits per heavy atom. The van der Waals surface area contributed by atoms with Crippen molar-refractivity contribution in [3.63, 3.8) is 0 Å². The number of halogens is 1. The van der Waals surface area contributed by atoms with Crippen LogP contribution in [0, 0.1) is 5.82 Å². The molecule has 3 heterocycles. The van der Waals surface area contributed by atoms with E-state index in [1.54, 1.807) is 23.2 Å². The maximum absolute atomic E-state index is 13.2. The van der Waals surface area contributed by atoms with Gasteiger partial charge in [0.25, 0.3) is 5.56 Å². The van der Waals surface area contributed by atoms with Crippen molar-refractivity contribution < 1.29 is 9.18 Å². The Kier molecular flexibility index (Phi) is 5.56. The molecule has 1 amide bonds. The van der Waals surface area contributed by atoms with Crippen LogP contribution in [0.1, 0.15) is 23.7 Å². The molecule has 8 heteroatoms. The highest BCUT2D eigenvalue weighted by Gasteiger charge is 2.33. The van der Waals surface area contributed by atoms with Crippen molar-refractivity contribution in [2.75, 3.05) is 29.9 Å². The summed E-state index contributed by atoms with van der Waals surface area (Å²) in [5.74, 6) is -0.163. The first kappa shape index (κ1) is 19.8. The number of benzene rings is 1. The zero-order valence-electron chi connectivity index (χ0n) is 16.6. The highest BCUT2D eigenvalue weighted by atomic mass is 19.1. The molecule has 30 heavy (non-hydrogen) atoms. The van der Waals surface area contributed by atoms with E-state index in [0.29, 0.717) is 36.8 Å². The fourth-order valence-electron chi connectivity index (χ4n) is 3.56. The summed E-state index contributed by atoms with van der Waals surface area (Å²) in [7, 11) is 1.86. The minimum Gasteiger partial charge on any atom is -0.345 e.